The van der Waals surface area contributed by atoms with Crippen molar-refractivity contribution in [1.29, 1.82) is 0 Å². The molecule has 1 aromatic rings. The molecule has 0 unspecified atom stereocenters. The van der Waals surface area contributed by atoms with Gasteiger partial charge in [-0.15, -0.1) is 0 Å². The molecule has 0 aromatic heterocycles. The average Bonchev–Trinajstić information content (AvgIpc) is 2.45. The molecule has 0 bridgehead atoms. The zero-order valence-electron chi connectivity index (χ0n) is 11.1. The van der Waals surface area contributed by atoms with Crippen molar-refractivity contribution in [1.82, 2.24) is 9.80 Å². The van der Waals surface area contributed by atoms with E-state index in [0.717, 1.165) is 17.6 Å². The quantitative estimate of drug-likeness (QED) is 0.905. The first-order chi connectivity index (χ1) is 9.56. The third-order valence-corrected chi connectivity index (χ3v) is 3.87. The molecule has 1 fully saturated rings. The Morgan fingerprint density at radius 2 is 1.90 bits per heavy atom. The van der Waals surface area contributed by atoms with E-state index in [9.17, 15) is 9.59 Å². The van der Waals surface area contributed by atoms with E-state index in [-0.39, 0.29) is 12.3 Å². The molecule has 2 rings (SSSR count). The summed E-state index contributed by atoms with van der Waals surface area (Å²) >= 11 is 3.36. The number of nitrogens with zero attached hydrogens (tertiary/aromatic N) is 2. The van der Waals surface area contributed by atoms with Gasteiger partial charge in [0.15, 0.2) is 0 Å². The van der Waals surface area contributed by atoms with Gasteiger partial charge >= 0.3 is 5.97 Å². The minimum absolute atomic E-state index is 0.0317. The van der Waals surface area contributed by atoms with Crippen LogP contribution in [0.5, 0.6) is 0 Å². The number of benzene rings is 1. The first-order valence-electron chi connectivity index (χ1n) is 6.55. The Bertz CT molecular complexity index is 499. The van der Waals surface area contributed by atoms with Crippen LogP contribution in [0.1, 0.15) is 16.8 Å². The van der Waals surface area contributed by atoms with E-state index in [1.807, 2.05) is 29.2 Å². The van der Waals surface area contributed by atoms with Crippen LogP contribution in [-0.2, 0) is 4.79 Å². The zero-order valence-corrected chi connectivity index (χ0v) is 12.7. The molecular weight excluding hydrogens is 324 g/mol. The van der Waals surface area contributed by atoms with Gasteiger partial charge < -0.3 is 10.0 Å². The van der Waals surface area contributed by atoms with E-state index < -0.39 is 5.97 Å². The summed E-state index contributed by atoms with van der Waals surface area (Å²) in [5.74, 6) is -0.748. The number of hydrogen-bond acceptors (Lipinski definition) is 3. The van der Waals surface area contributed by atoms with Crippen molar-refractivity contribution in [2.45, 2.75) is 6.42 Å². The summed E-state index contributed by atoms with van der Waals surface area (Å²) in [4.78, 5) is 26.8. The molecule has 1 heterocycles. The third-order valence-electron chi connectivity index (χ3n) is 3.37. The standard InChI is InChI=1S/C14H17BrN2O3/c15-12-3-1-2-11(10-12)14(20)17-8-6-16(7-9-17)5-4-13(18)19/h1-3,10H,4-9H2,(H,18,19). The molecule has 5 nitrogen and oxygen atoms in total. The van der Waals surface area contributed by atoms with Gasteiger partial charge in [0.05, 0.1) is 6.42 Å². The molecule has 20 heavy (non-hydrogen) atoms. The van der Waals surface area contributed by atoms with Gasteiger partial charge in [-0.25, -0.2) is 0 Å². The first-order valence-corrected chi connectivity index (χ1v) is 7.34. The summed E-state index contributed by atoms with van der Waals surface area (Å²) < 4.78 is 0.892. The molecule has 0 saturated carbocycles. The lowest BCUT2D eigenvalue weighted by atomic mass is 10.2. The van der Waals surface area contributed by atoms with Gasteiger partial charge in [0, 0.05) is 42.8 Å². The Morgan fingerprint density at radius 1 is 1.20 bits per heavy atom. The normalized spacial score (nSPS) is 16.1. The summed E-state index contributed by atoms with van der Waals surface area (Å²) in [5, 5.41) is 8.66. The van der Waals surface area contributed by atoms with E-state index in [2.05, 4.69) is 20.8 Å². The van der Waals surface area contributed by atoms with Crippen LogP contribution in [0.4, 0.5) is 0 Å². The topological polar surface area (TPSA) is 60.9 Å². The highest BCUT2D eigenvalue weighted by Crippen LogP contribution is 2.14. The molecule has 0 atom stereocenters. The van der Waals surface area contributed by atoms with Crippen molar-refractivity contribution in [3.05, 3.63) is 34.3 Å². The fraction of sp³-hybridized carbons (Fsp3) is 0.429. The van der Waals surface area contributed by atoms with Crippen LogP contribution in [-0.4, -0.2) is 59.5 Å². The van der Waals surface area contributed by atoms with Gasteiger partial charge in [-0.2, -0.15) is 0 Å². The molecule has 0 spiro atoms. The summed E-state index contributed by atoms with van der Waals surface area (Å²) in [6, 6.07) is 7.37. The van der Waals surface area contributed by atoms with E-state index in [1.165, 1.54) is 0 Å². The predicted octanol–water partition coefficient (Wildman–Crippen LogP) is 1.68. The average molecular weight is 341 g/mol. The second kappa shape index (κ2) is 6.85. The summed E-state index contributed by atoms with van der Waals surface area (Å²) in [6.45, 7) is 3.30. The highest BCUT2D eigenvalue weighted by molar-refractivity contribution is 9.10. The molecule has 0 aliphatic carbocycles. The Hall–Kier alpha value is -1.40. The largest absolute Gasteiger partial charge is 0.481 e. The van der Waals surface area contributed by atoms with Crippen LogP contribution in [0.25, 0.3) is 0 Å². The maximum absolute atomic E-state index is 12.3. The van der Waals surface area contributed by atoms with E-state index in [1.54, 1.807) is 0 Å². The molecule has 6 heteroatoms. The van der Waals surface area contributed by atoms with Crippen molar-refractivity contribution in [2.75, 3.05) is 32.7 Å². The minimum atomic E-state index is -0.780. The number of carboxylic acids is 1. The molecule has 1 aliphatic rings. The number of rotatable bonds is 4. The van der Waals surface area contributed by atoms with Crippen molar-refractivity contribution in [3.8, 4) is 0 Å². The number of piperazine rings is 1. The Labute approximate surface area is 126 Å². The SMILES string of the molecule is O=C(O)CCN1CCN(C(=O)c2cccc(Br)c2)CC1. The highest BCUT2D eigenvalue weighted by atomic mass is 79.9. The maximum atomic E-state index is 12.3. The molecular formula is C14H17BrN2O3. The first kappa shape index (κ1) is 15.0. The van der Waals surface area contributed by atoms with Gasteiger partial charge in [0.2, 0.25) is 0 Å². The van der Waals surface area contributed by atoms with Crippen LogP contribution in [0.2, 0.25) is 0 Å². The van der Waals surface area contributed by atoms with Crippen molar-refractivity contribution < 1.29 is 14.7 Å². The maximum Gasteiger partial charge on any atom is 0.304 e. The number of hydrogen-bond donors (Lipinski definition) is 1. The Balaban J connectivity index is 1.87. The fourth-order valence-electron chi connectivity index (χ4n) is 2.23. The lowest BCUT2D eigenvalue weighted by molar-refractivity contribution is -0.137. The number of aliphatic carboxylic acids is 1. The Kier molecular flexibility index (Phi) is 5.14. The van der Waals surface area contributed by atoms with Gasteiger partial charge in [-0.1, -0.05) is 22.0 Å². The number of halogens is 1. The van der Waals surface area contributed by atoms with Crippen molar-refractivity contribution >= 4 is 27.8 Å². The van der Waals surface area contributed by atoms with Gasteiger partial charge in [0.1, 0.15) is 0 Å². The van der Waals surface area contributed by atoms with Crippen LogP contribution < -0.4 is 0 Å². The number of carbonyl (C=O) groups is 2. The fourth-order valence-corrected chi connectivity index (χ4v) is 2.63. The van der Waals surface area contributed by atoms with Crippen LogP contribution in [0, 0.1) is 0 Å². The van der Waals surface area contributed by atoms with Crippen LogP contribution in [0.3, 0.4) is 0 Å². The van der Waals surface area contributed by atoms with Crippen LogP contribution in [0.15, 0.2) is 28.7 Å². The third kappa shape index (κ3) is 4.05. The van der Waals surface area contributed by atoms with Gasteiger partial charge in [0.25, 0.3) is 5.91 Å². The summed E-state index contributed by atoms with van der Waals surface area (Å²) in [7, 11) is 0. The lowest BCUT2D eigenvalue weighted by Gasteiger charge is -2.34. The second-order valence-corrected chi connectivity index (χ2v) is 5.70. The molecule has 1 amide bonds. The monoisotopic (exact) mass is 340 g/mol. The second-order valence-electron chi connectivity index (χ2n) is 4.79. The summed E-state index contributed by atoms with van der Waals surface area (Å²) in [6.07, 6.45) is 0.152. The smallest absolute Gasteiger partial charge is 0.304 e. The molecule has 108 valence electrons. The number of carbonyl (C=O) groups excluding carboxylic acids is 1. The molecule has 1 N–H and O–H groups in total. The minimum Gasteiger partial charge on any atom is -0.481 e. The van der Waals surface area contributed by atoms with Gasteiger partial charge in [-0.3, -0.25) is 14.5 Å². The molecule has 0 radical (unpaired) electrons. The van der Waals surface area contributed by atoms with Gasteiger partial charge in [-0.05, 0) is 18.2 Å². The predicted molar refractivity (Wildman–Crippen MR) is 78.7 cm³/mol. The molecule has 1 aromatic carbocycles. The van der Waals surface area contributed by atoms with E-state index in [0.29, 0.717) is 25.2 Å². The molecule has 1 saturated heterocycles. The van der Waals surface area contributed by atoms with Crippen LogP contribution >= 0.6 is 15.9 Å². The Morgan fingerprint density at radius 3 is 2.50 bits per heavy atom. The van der Waals surface area contributed by atoms with Crippen molar-refractivity contribution in [2.24, 2.45) is 0 Å². The zero-order chi connectivity index (χ0) is 14.5. The number of carboxylic acid groups (broad SMARTS) is 1. The number of amides is 1. The summed E-state index contributed by atoms with van der Waals surface area (Å²) in [5.41, 5.74) is 0.679. The molecule has 1 aliphatic heterocycles. The highest BCUT2D eigenvalue weighted by Gasteiger charge is 2.22. The van der Waals surface area contributed by atoms with Crippen molar-refractivity contribution in [3.63, 3.8) is 0 Å². The lowest BCUT2D eigenvalue weighted by Crippen LogP contribution is -2.49. The van der Waals surface area contributed by atoms with E-state index >= 15 is 0 Å². The van der Waals surface area contributed by atoms with E-state index in [4.69, 9.17) is 5.11 Å².